The number of hydrogen-bond acceptors (Lipinski definition) is 3. The SMILES string of the molecule is [Na+].[O-]c1ccc(Cl)nn1. The summed E-state index contributed by atoms with van der Waals surface area (Å²) in [5.41, 5.74) is 0. The molecule has 5 heteroatoms. The van der Waals surface area contributed by atoms with E-state index in [9.17, 15) is 5.11 Å². The van der Waals surface area contributed by atoms with Crippen LogP contribution in [0.2, 0.25) is 5.15 Å². The van der Waals surface area contributed by atoms with Crippen molar-refractivity contribution in [3.05, 3.63) is 17.3 Å². The molecule has 0 fully saturated rings. The third-order valence-corrected chi connectivity index (χ3v) is 0.809. The summed E-state index contributed by atoms with van der Waals surface area (Å²) < 4.78 is 0. The van der Waals surface area contributed by atoms with Crippen molar-refractivity contribution in [2.75, 3.05) is 0 Å². The smallest absolute Gasteiger partial charge is 0.857 e. The summed E-state index contributed by atoms with van der Waals surface area (Å²) in [5, 5.41) is 16.9. The maximum Gasteiger partial charge on any atom is 1.00 e. The first-order valence-corrected chi connectivity index (χ1v) is 2.33. The van der Waals surface area contributed by atoms with Gasteiger partial charge in [-0.2, -0.15) is 5.10 Å². The Morgan fingerprint density at radius 2 is 2.00 bits per heavy atom. The first-order chi connectivity index (χ1) is 3.79. The fraction of sp³-hybridized carbons (Fsp3) is 0. The maximum absolute atomic E-state index is 10.2. The summed E-state index contributed by atoms with van der Waals surface area (Å²) in [4.78, 5) is 0. The molecule has 1 aromatic heterocycles. The van der Waals surface area contributed by atoms with Gasteiger partial charge >= 0.3 is 29.6 Å². The molecule has 0 N–H and O–H groups in total. The van der Waals surface area contributed by atoms with E-state index in [-0.39, 0.29) is 40.6 Å². The average Bonchev–Trinajstić information content (AvgIpc) is 1.77. The molecule has 0 saturated carbocycles. The van der Waals surface area contributed by atoms with Crippen molar-refractivity contribution in [3.8, 4) is 5.88 Å². The van der Waals surface area contributed by atoms with E-state index in [2.05, 4.69) is 10.2 Å². The van der Waals surface area contributed by atoms with Gasteiger partial charge in [0, 0.05) is 5.88 Å². The Balaban J connectivity index is 0.000000640. The standard InChI is InChI=1S/C4H3ClN2O.Na/c5-3-1-2-4(8)7-6-3;/h1-2H,(H,7,8);/q;+1/p-1. The number of nitrogens with zero attached hydrogens (tertiary/aromatic N) is 2. The van der Waals surface area contributed by atoms with Crippen LogP contribution in [0.15, 0.2) is 12.1 Å². The predicted octanol–water partition coefficient (Wildman–Crippen LogP) is -2.79. The third-order valence-electron chi connectivity index (χ3n) is 0.608. The molecule has 42 valence electrons. The van der Waals surface area contributed by atoms with Crippen molar-refractivity contribution < 1.29 is 34.7 Å². The van der Waals surface area contributed by atoms with Gasteiger partial charge in [-0.05, 0) is 12.1 Å². The molecule has 0 aliphatic heterocycles. The Bertz CT molecular complexity index is 157. The van der Waals surface area contributed by atoms with Crippen LogP contribution in [0.5, 0.6) is 5.88 Å². The third kappa shape index (κ3) is 3.01. The van der Waals surface area contributed by atoms with Crippen LogP contribution in [0, 0.1) is 0 Å². The van der Waals surface area contributed by atoms with E-state index in [0.29, 0.717) is 0 Å². The van der Waals surface area contributed by atoms with Gasteiger partial charge in [-0.15, -0.1) is 5.10 Å². The van der Waals surface area contributed by atoms with E-state index < -0.39 is 0 Å². The second-order valence-electron chi connectivity index (χ2n) is 1.19. The van der Waals surface area contributed by atoms with Crippen LogP contribution < -0.4 is 34.7 Å². The molecule has 0 spiro atoms. The van der Waals surface area contributed by atoms with Gasteiger partial charge in [-0.1, -0.05) is 11.6 Å². The molecule has 0 bridgehead atoms. The summed E-state index contributed by atoms with van der Waals surface area (Å²) in [6.45, 7) is 0. The van der Waals surface area contributed by atoms with Crippen molar-refractivity contribution in [3.63, 3.8) is 0 Å². The molecule has 1 rings (SSSR count). The number of rotatable bonds is 0. The van der Waals surface area contributed by atoms with E-state index in [1.807, 2.05) is 0 Å². The molecule has 0 amide bonds. The largest absolute Gasteiger partial charge is 1.00 e. The molecule has 3 nitrogen and oxygen atoms in total. The molecule has 1 heterocycles. The van der Waals surface area contributed by atoms with Crippen LogP contribution in [0.4, 0.5) is 0 Å². The summed E-state index contributed by atoms with van der Waals surface area (Å²) in [6.07, 6.45) is 0. The van der Waals surface area contributed by atoms with Gasteiger partial charge in [0.05, 0.1) is 0 Å². The van der Waals surface area contributed by atoms with Crippen LogP contribution in [-0.2, 0) is 0 Å². The minimum Gasteiger partial charge on any atom is -0.857 e. The topological polar surface area (TPSA) is 48.8 Å². The minimum atomic E-state index is -0.366. The summed E-state index contributed by atoms with van der Waals surface area (Å²) in [5.74, 6) is -0.366. The zero-order chi connectivity index (χ0) is 5.98. The fourth-order valence-electron chi connectivity index (χ4n) is 0.304. The second kappa shape index (κ2) is 4.06. The van der Waals surface area contributed by atoms with Crippen LogP contribution >= 0.6 is 11.6 Å². The first kappa shape index (κ1) is 9.17. The number of hydrogen-bond donors (Lipinski definition) is 0. The van der Waals surface area contributed by atoms with Crippen LogP contribution in [0.1, 0.15) is 0 Å². The van der Waals surface area contributed by atoms with Crippen molar-refractivity contribution >= 4 is 11.6 Å². The molecule has 0 atom stereocenters. The molecule has 1 aromatic rings. The van der Waals surface area contributed by atoms with Gasteiger partial charge in [-0.25, -0.2) is 0 Å². The van der Waals surface area contributed by atoms with E-state index in [4.69, 9.17) is 11.6 Å². The monoisotopic (exact) mass is 152 g/mol. The minimum absolute atomic E-state index is 0. The van der Waals surface area contributed by atoms with Crippen LogP contribution in [0.3, 0.4) is 0 Å². The van der Waals surface area contributed by atoms with Crippen molar-refractivity contribution in [1.29, 1.82) is 0 Å². The van der Waals surface area contributed by atoms with Crippen molar-refractivity contribution in [1.82, 2.24) is 10.2 Å². The van der Waals surface area contributed by atoms with Crippen molar-refractivity contribution in [2.45, 2.75) is 0 Å². The molecular formula is C4H2ClN2NaO. The zero-order valence-corrected chi connectivity index (χ0v) is 7.59. The normalized spacial score (nSPS) is 8.11. The Morgan fingerprint density at radius 1 is 1.33 bits per heavy atom. The van der Waals surface area contributed by atoms with Gasteiger partial charge < -0.3 is 5.11 Å². The van der Waals surface area contributed by atoms with E-state index in [1.54, 1.807) is 0 Å². The number of halogens is 1. The summed E-state index contributed by atoms with van der Waals surface area (Å²) in [7, 11) is 0. The average molecular weight is 153 g/mol. The van der Waals surface area contributed by atoms with Crippen LogP contribution in [0.25, 0.3) is 0 Å². The molecular weight excluding hydrogens is 150 g/mol. The Kier molecular flexibility index (Phi) is 4.14. The van der Waals surface area contributed by atoms with Gasteiger partial charge in [0.1, 0.15) is 0 Å². The molecule has 9 heavy (non-hydrogen) atoms. The van der Waals surface area contributed by atoms with E-state index in [0.717, 1.165) is 0 Å². The number of aromatic nitrogens is 2. The quantitative estimate of drug-likeness (QED) is 0.378. The first-order valence-electron chi connectivity index (χ1n) is 1.95. The Morgan fingerprint density at radius 3 is 2.33 bits per heavy atom. The summed E-state index contributed by atoms with van der Waals surface area (Å²) in [6, 6.07) is 2.66. The van der Waals surface area contributed by atoms with Crippen molar-refractivity contribution in [2.24, 2.45) is 0 Å². The second-order valence-corrected chi connectivity index (χ2v) is 1.58. The van der Waals surface area contributed by atoms with E-state index in [1.165, 1.54) is 12.1 Å². The molecule has 0 aliphatic rings. The van der Waals surface area contributed by atoms with Gasteiger partial charge in [-0.3, -0.25) is 0 Å². The maximum atomic E-state index is 10.2. The van der Waals surface area contributed by atoms with E-state index >= 15 is 0 Å². The molecule has 0 aromatic carbocycles. The molecule has 0 unspecified atom stereocenters. The fourth-order valence-corrected chi connectivity index (χ4v) is 0.405. The Labute approximate surface area is 79.4 Å². The van der Waals surface area contributed by atoms with Gasteiger partial charge in [0.15, 0.2) is 5.15 Å². The van der Waals surface area contributed by atoms with Gasteiger partial charge in [0.2, 0.25) is 0 Å². The Hall–Kier alpha value is 0.170. The summed E-state index contributed by atoms with van der Waals surface area (Å²) >= 11 is 5.30. The molecule has 0 aliphatic carbocycles. The van der Waals surface area contributed by atoms with Gasteiger partial charge in [0.25, 0.3) is 0 Å². The van der Waals surface area contributed by atoms with Crippen LogP contribution in [-0.4, -0.2) is 10.2 Å². The predicted molar refractivity (Wildman–Crippen MR) is 26.5 cm³/mol. The molecule has 0 radical (unpaired) electrons. The molecule has 0 saturated heterocycles. The zero-order valence-electron chi connectivity index (χ0n) is 4.84.